The summed E-state index contributed by atoms with van der Waals surface area (Å²) in [6, 6.07) is 8.22. The van der Waals surface area contributed by atoms with Crippen LogP contribution < -0.4 is 0 Å². The van der Waals surface area contributed by atoms with Gasteiger partial charge >= 0.3 is 5.97 Å². The molecule has 2 rings (SSSR count). The molecule has 1 saturated carbocycles. The maximum atomic E-state index is 10.3. The van der Waals surface area contributed by atoms with E-state index in [1.807, 2.05) is 30.8 Å². The number of carboxylic acids is 1. The van der Waals surface area contributed by atoms with E-state index in [0.717, 1.165) is 16.5 Å². The molecule has 0 aliphatic heterocycles. The zero-order valence-electron chi connectivity index (χ0n) is 10.8. The molecule has 0 bridgehead atoms. The monoisotopic (exact) mass is 279 g/mol. The molecule has 1 N–H and O–H groups in total. The zero-order valence-corrected chi connectivity index (χ0v) is 11.7. The Kier molecular flexibility index (Phi) is 4.85. The van der Waals surface area contributed by atoms with Gasteiger partial charge in [-0.25, -0.2) is 0 Å². The molecule has 0 saturated heterocycles. The van der Waals surface area contributed by atoms with Crippen LogP contribution in [0, 0.1) is 0 Å². The molecule has 1 fully saturated rings. The summed E-state index contributed by atoms with van der Waals surface area (Å²) in [5, 5.41) is 13.2. The van der Waals surface area contributed by atoms with Crippen LogP contribution in [-0.2, 0) is 9.63 Å². The van der Waals surface area contributed by atoms with Gasteiger partial charge in [0.2, 0.25) is 0 Å². The summed E-state index contributed by atoms with van der Waals surface area (Å²) in [4.78, 5) is 16.6. The molecule has 1 aliphatic rings. The van der Waals surface area contributed by atoms with E-state index < -0.39 is 5.97 Å². The van der Waals surface area contributed by atoms with Crippen LogP contribution in [0.2, 0.25) is 0 Å². The van der Waals surface area contributed by atoms with Gasteiger partial charge in [0.05, 0.1) is 12.1 Å². The second-order valence-electron chi connectivity index (χ2n) is 4.50. The van der Waals surface area contributed by atoms with Gasteiger partial charge in [0.25, 0.3) is 0 Å². The molecule has 0 heterocycles. The number of nitrogens with zero attached hydrogens (tertiary/aromatic N) is 1. The van der Waals surface area contributed by atoms with Crippen molar-refractivity contribution in [1.82, 2.24) is 0 Å². The van der Waals surface area contributed by atoms with Crippen LogP contribution in [0.5, 0.6) is 0 Å². The molecule has 0 spiro atoms. The first-order chi connectivity index (χ1) is 9.15. The molecule has 4 nitrogen and oxygen atoms in total. The summed E-state index contributed by atoms with van der Waals surface area (Å²) in [7, 11) is 0. The van der Waals surface area contributed by atoms with Crippen molar-refractivity contribution in [3.63, 3.8) is 0 Å². The van der Waals surface area contributed by atoms with Gasteiger partial charge in [0, 0.05) is 10.1 Å². The average Bonchev–Trinajstić information content (AvgIpc) is 3.19. The van der Waals surface area contributed by atoms with E-state index in [0.29, 0.717) is 0 Å². The van der Waals surface area contributed by atoms with Crippen LogP contribution in [0.15, 0.2) is 34.3 Å². The van der Waals surface area contributed by atoms with Crippen molar-refractivity contribution >= 4 is 23.4 Å². The van der Waals surface area contributed by atoms with Crippen molar-refractivity contribution in [1.29, 1.82) is 0 Å². The smallest absolute Gasteiger partial charge is 0.306 e. The van der Waals surface area contributed by atoms with Crippen LogP contribution in [-0.4, -0.2) is 28.6 Å². The Morgan fingerprint density at radius 2 is 2.11 bits per heavy atom. The average molecular weight is 279 g/mol. The standard InChI is InChI=1S/C14H17NO3S/c1-10(15-18-9-8-14(16)17)11-2-4-12(5-3-11)19-13-6-7-13/h2-5,13H,6-9H2,1H3,(H,16,17)/b15-10-. The second-order valence-corrected chi connectivity index (χ2v) is 5.87. The molecule has 5 heteroatoms. The van der Waals surface area contributed by atoms with Crippen LogP contribution >= 0.6 is 11.8 Å². The third-order valence-corrected chi connectivity index (χ3v) is 4.06. The lowest BCUT2D eigenvalue weighted by Crippen LogP contribution is -2.02. The van der Waals surface area contributed by atoms with Crippen LogP contribution in [0.4, 0.5) is 0 Å². The Balaban J connectivity index is 1.85. The van der Waals surface area contributed by atoms with E-state index >= 15 is 0 Å². The molecule has 1 aliphatic carbocycles. The number of hydrogen-bond donors (Lipinski definition) is 1. The van der Waals surface area contributed by atoms with Gasteiger partial charge < -0.3 is 9.94 Å². The minimum Gasteiger partial charge on any atom is -0.481 e. The van der Waals surface area contributed by atoms with Gasteiger partial charge in [0.15, 0.2) is 0 Å². The Morgan fingerprint density at radius 3 is 2.68 bits per heavy atom. The highest BCUT2D eigenvalue weighted by molar-refractivity contribution is 8.00. The molecule has 0 radical (unpaired) electrons. The van der Waals surface area contributed by atoms with Crippen molar-refractivity contribution in [2.24, 2.45) is 5.16 Å². The summed E-state index contributed by atoms with van der Waals surface area (Å²) in [6.45, 7) is 1.95. The van der Waals surface area contributed by atoms with Crippen LogP contribution in [0.3, 0.4) is 0 Å². The lowest BCUT2D eigenvalue weighted by molar-refractivity contribution is -0.138. The Morgan fingerprint density at radius 1 is 1.42 bits per heavy atom. The third kappa shape index (κ3) is 4.95. The van der Waals surface area contributed by atoms with Gasteiger partial charge in [-0.1, -0.05) is 17.3 Å². The fourth-order valence-corrected chi connectivity index (χ4v) is 2.53. The molecule has 0 atom stereocenters. The topological polar surface area (TPSA) is 58.9 Å². The molecule has 19 heavy (non-hydrogen) atoms. The maximum Gasteiger partial charge on any atom is 0.306 e. The highest BCUT2D eigenvalue weighted by Crippen LogP contribution is 2.38. The molecular formula is C14H17NO3S. The summed E-state index contributed by atoms with van der Waals surface area (Å²) >= 11 is 1.92. The first-order valence-electron chi connectivity index (χ1n) is 6.30. The summed E-state index contributed by atoms with van der Waals surface area (Å²) in [6.07, 6.45) is 2.61. The minimum atomic E-state index is -0.880. The Hall–Kier alpha value is -1.49. The van der Waals surface area contributed by atoms with Gasteiger partial charge in [-0.2, -0.15) is 0 Å². The third-order valence-electron chi connectivity index (χ3n) is 2.71. The first-order valence-corrected chi connectivity index (χ1v) is 7.18. The first kappa shape index (κ1) is 13.9. The van der Waals surface area contributed by atoms with Crippen molar-refractivity contribution < 1.29 is 14.7 Å². The molecular weight excluding hydrogens is 262 g/mol. The van der Waals surface area contributed by atoms with Gasteiger partial charge in [-0.15, -0.1) is 11.8 Å². The molecule has 0 unspecified atom stereocenters. The molecule has 102 valence electrons. The number of thioether (sulfide) groups is 1. The molecule has 1 aromatic rings. The fourth-order valence-electron chi connectivity index (χ4n) is 1.48. The Bertz CT molecular complexity index is 466. The number of rotatable bonds is 7. The molecule has 1 aromatic carbocycles. The van der Waals surface area contributed by atoms with E-state index in [4.69, 9.17) is 9.94 Å². The zero-order chi connectivity index (χ0) is 13.7. The number of carboxylic acid groups (broad SMARTS) is 1. The second kappa shape index (κ2) is 6.61. The van der Waals surface area contributed by atoms with Gasteiger partial charge in [0.1, 0.15) is 6.61 Å². The Labute approximate surface area is 116 Å². The van der Waals surface area contributed by atoms with Crippen molar-refractivity contribution in [2.45, 2.75) is 36.3 Å². The predicted molar refractivity (Wildman–Crippen MR) is 75.7 cm³/mol. The summed E-state index contributed by atoms with van der Waals surface area (Å²) < 4.78 is 0. The normalized spacial score (nSPS) is 15.3. The van der Waals surface area contributed by atoms with E-state index in [-0.39, 0.29) is 13.0 Å². The SMILES string of the molecule is C/C(=N/OCCC(=O)O)c1ccc(SC2CC2)cc1. The van der Waals surface area contributed by atoms with E-state index in [9.17, 15) is 4.79 Å². The summed E-state index contributed by atoms with van der Waals surface area (Å²) in [5.41, 5.74) is 1.75. The quantitative estimate of drug-likeness (QED) is 0.473. The van der Waals surface area contributed by atoms with Crippen LogP contribution in [0.25, 0.3) is 0 Å². The minimum absolute atomic E-state index is 0.0340. The highest BCUT2D eigenvalue weighted by atomic mass is 32.2. The number of aliphatic carboxylic acids is 1. The number of hydrogen-bond acceptors (Lipinski definition) is 4. The molecule has 0 amide bonds. The number of benzene rings is 1. The van der Waals surface area contributed by atoms with Gasteiger partial charge in [-0.05, 0) is 37.5 Å². The molecule has 0 aromatic heterocycles. The fraction of sp³-hybridized carbons (Fsp3) is 0.429. The van der Waals surface area contributed by atoms with Gasteiger partial charge in [-0.3, -0.25) is 4.79 Å². The number of oxime groups is 1. The van der Waals surface area contributed by atoms with Crippen molar-refractivity contribution in [3.8, 4) is 0 Å². The van der Waals surface area contributed by atoms with Crippen molar-refractivity contribution in [2.75, 3.05) is 6.61 Å². The largest absolute Gasteiger partial charge is 0.481 e. The maximum absolute atomic E-state index is 10.3. The van der Waals surface area contributed by atoms with Crippen LogP contribution in [0.1, 0.15) is 31.7 Å². The lowest BCUT2D eigenvalue weighted by Gasteiger charge is -2.03. The van der Waals surface area contributed by atoms with E-state index in [1.54, 1.807) is 0 Å². The summed E-state index contributed by atoms with van der Waals surface area (Å²) in [5.74, 6) is -0.880. The van der Waals surface area contributed by atoms with E-state index in [1.165, 1.54) is 17.7 Å². The number of carbonyl (C=O) groups is 1. The van der Waals surface area contributed by atoms with E-state index in [2.05, 4.69) is 17.3 Å². The van der Waals surface area contributed by atoms with Crippen molar-refractivity contribution in [3.05, 3.63) is 29.8 Å². The predicted octanol–water partition coefficient (Wildman–Crippen LogP) is 3.16. The lowest BCUT2D eigenvalue weighted by atomic mass is 10.1. The highest BCUT2D eigenvalue weighted by Gasteiger charge is 2.22.